The summed E-state index contributed by atoms with van der Waals surface area (Å²) in [6.07, 6.45) is 0.995. The van der Waals surface area contributed by atoms with Gasteiger partial charge >= 0.3 is 6.61 Å². The SMILES string of the molecule is COc1ccc(NC(=O)CN(c2ccccc2C)S(C)(=O)=O)cc1OC(F)F. The molecule has 1 amide bonds. The van der Waals surface area contributed by atoms with E-state index >= 15 is 0 Å². The second-order valence-corrected chi connectivity index (χ2v) is 7.76. The molecule has 0 atom stereocenters. The van der Waals surface area contributed by atoms with Crippen LogP contribution < -0.4 is 19.1 Å². The van der Waals surface area contributed by atoms with Gasteiger partial charge < -0.3 is 14.8 Å². The van der Waals surface area contributed by atoms with E-state index in [2.05, 4.69) is 10.1 Å². The average Bonchev–Trinajstić information content (AvgIpc) is 2.59. The van der Waals surface area contributed by atoms with Crippen molar-refractivity contribution in [2.24, 2.45) is 0 Å². The molecule has 28 heavy (non-hydrogen) atoms. The summed E-state index contributed by atoms with van der Waals surface area (Å²) in [5, 5.41) is 2.47. The number of carbonyl (C=O) groups is 1. The number of para-hydroxylation sites is 1. The van der Waals surface area contributed by atoms with Gasteiger partial charge in [-0.1, -0.05) is 18.2 Å². The van der Waals surface area contributed by atoms with Gasteiger partial charge in [-0.05, 0) is 30.7 Å². The number of halogens is 2. The smallest absolute Gasteiger partial charge is 0.387 e. The first-order chi connectivity index (χ1) is 13.1. The molecule has 7 nitrogen and oxygen atoms in total. The van der Waals surface area contributed by atoms with E-state index in [4.69, 9.17) is 4.74 Å². The van der Waals surface area contributed by atoms with Crippen molar-refractivity contribution in [3.63, 3.8) is 0 Å². The third-order valence-electron chi connectivity index (χ3n) is 3.74. The van der Waals surface area contributed by atoms with E-state index < -0.39 is 29.1 Å². The average molecular weight is 414 g/mol. The number of ether oxygens (including phenoxy) is 2. The van der Waals surface area contributed by atoms with Crippen LogP contribution in [0.25, 0.3) is 0 Å². The van der Waals surface area contributed by atoms with E-state index in [9.17, 15) is 22.0 Å². The van der Waals surface area contributed by atoms with Crippen LogP contribution in [0, 0.1) is 6.92 Å². The van der Waals surface area contributed by atoms with Crippen LogP contribution in [0.4, 0.5) is 20.2 Å². The number of nitrogens with one attached hydrogen (secondary N) is 1. The van der Waals surface area contributed by atoms with Gasteiger partial charge in [0.25, 0.3) is 0 Å². The molecular formula is C18H20F2N2O5S. The Morgan fingerprint density at radius 3 is 2.43 bits per heavy atom. The molecule has 0 saturated heterocycles. The normalized spacial score (nSPS) is 11.2. The topological polar surface area (TPSA) is 84.9 Å². The Morgan fingerprint density at radius 1 is 1.18 bits per heavy atom. The summed E-state index contributed by atoms with van der Waals surface area (Å²) in [4.78, 5) is 12.4. The molecule has 0 saturated carbocycles. The zero-order valence-corrected chi connectivity index (χ0v) is 16.3. The number of amides is 1. The number of sulfonamides is 1. The molecule has 0 aliphatic rings. The number of aryl methyl sites for hydroxylation is 1. The van der Waals surface area contributed by atoms with Crippen molar-refractivity contribution in [1.29, 1.82) is 0 Å². The molecule has 10 heteroatoms. The second-order valence-electron chi connectivity index (χ2n) is 5.85. The maximum absolute atomic E-state index is 12.5. The molecule has 0 aliphatic carbocycles. The number of alkyl halides is 2. The molecule has 2 aromatic carbocycles. The van der Waals surface area contributed by atoms with E-state index in [1.54, 1.807) is 31.2 Å². The lowest BCUT2D eigenvalue weighted by atomic mass is 10.2. The van der Waals surface area contributed by atoms with Gasteiger partial charge in [0.15, 0.2) is 11.5 Å². The second kappa shape index (κ2) is 8.87. The predicted molar refractivity (Wildman–Crippen MR) is 102 cm³/mol. The van der Waals surface area contributed by atoms with E-state index in [1.807, 2.05) is 0 Å². The Morgan fingerprint density at radius 2 is 1.86 bits per heavy atom. The quantitative estimate of drug-likeness (QED) is 0.718. The van der Waals surface area contributed by atoms with Crippen molar-refractivity contribution in [3.05, 3.63) is 48.0 Å². The van der Waals surface area contributed by atoms with Crippen molar-refractivity contribution in [1.82, 2.24) is 0 Å². The third kappa shape index (κ3) is 5.56. The van der Waals surface area contributed by atoms with Gasteiger partial charge in [0.2, 0.25) is 15.9 Å². The van der Waals surface area contributed by atoms with E-state index in [0.717, 1.165) is 10.6 Å². The van der Waals surface area contributed by atoms with Crippen molar-refractivity contribution in [2.75, 3.05) is 29.5 Å². The highest BCUT2D eigenvalue weighted by Crippen LogP contribution is 2.31. The number of benzene rings is 2. The van der Waals surface area contributed by atoms with Gasteiger partial charge in [0.1, 0.15) is 6.54 Å². The van der Waals surface area contributed by atoms with E-state index in [1.165, 1.54) is 25.3 Å². The number of hydrogen-bond donors (Lipinski definition) is 1. The molecule has 0 bridgehead atoms. The highest BCUT2D eigenvalue weighted by Gasteiger charge is 2.22. The molecule has 0 aliphatic heterocycles. The minimum Gasteiger partial charge on any atom is -0.493 e. The van der Waals surface area contributed by atoms with Crippen molar-refractivity contribution >= 4 is 27.3 Å². The number of rotatable bonds is 8. The maximum Gasteiger partial charge on any atom is 0.387 e. The van der Waals surface area contributed by atoms with Crippen LogP contribution in [0.15, 0.2) is 42.5 Å². The molecule has 0 fully saturated rings. The van der Waals surface area contributed by atoms with Crippen LogP contribution in [-0.4, -0.2) is 40.8 Å². The highest BCUT2D eigenvalue weighted by molar-refractivity contribution is 7.92. The minimum atomic E-state index is -3.73. The Hall–Kier alpha value is -2.88. The summed E-state index contributed by atoms with van der Waals surface area (Å²) < 4.78 is 59.6. The fourth-order valence-electron chi connectivity index (χ4n) is 2.50. The largest absolute Gasteiger partial charge is 0.493 e. The zero-order valence-electron chi connectivity index (χ0n) is 15.5. The van der Waals surface area contributed by atoms with Gasteiger partial charge in [-0.15, -0.1) is 0 Å². The van der Waals surface area contributed by atoms with Crippen LogP contribution >= 0.6 is 0 Å². The summed E-state index contributed by atoms with van der Waals surface area (Å²) in [6, 6.07) is 10.7. The van der Waals surface area contributed by atoms with Crippen LogP contribution in [0.3, 0.4) is 0 Å². The third-order valence-corrected chi connectivity index (χ3v) is 4.86. The Kier molecular flexibility index (Phi) is 6.79. The number of hydrogen-bond acceptors (Lipinski definition) is 5. The van der Waals surface area contributed by atoms with Crippen LogP contribution in [0.2, 0.25) is 0 Å². The molecule has 152 valence electrons. The zero-order chi connectivity index (χ0) is 20.9. The first-order valence-corrected chi connectivity index (χ1v) is 9.92. The maximum atomic E-state index is 12.5. The highest BCUT2D eigenvalue weighted by atomic mass is 32.2. The first kappa shape index (κ1) is 21.4. The van der Waals surface area contributed by atoms with Gasteiger partial charge in [0.05, 0.1) is 19.1 Å². The summed E-state index contributed by atoms with van der Waals surface area (Å²) in [7, 11) is -2.44. The standard InChI is InChI=1S/C18H20F2N2O5S/c1-12-6-4-5-7-14(12)22(28(3,24)25)11-17(23)21-13-8-9-15(26-2)16(10-13)27-18(19)20/h4-10,18H,11H2,1-3H3,(H,21,23). The predicted octanol–water partition coefficient (Wildman–Crippen LogP) is 3.01. The number of methoxy groups -OCH3 is 1. The molecule has 0 spiro atoms. The van der Waals surface area contributed by atoms with Crippen LogP contribution in [0.1, 0.15) is 5.56 Å². The number of anilines is 2. The lowest BCUT2D eigenvalue weighted by molar-refractivity contribution is -0.114. The van der Waals surface area contributed by atoms with Crippen molar-refractivity contribution in [2.45, 2.75) is 13.5 Å². The molecular weight excluding hydrogens is 394 g/mol. The lowest BCUT2D eigenvalue weighted by Gasteiger charge is -2.23. The molecule has 0 aromatic heterocycles. The van der Waals surface area contributed by atoms with Crippen LogP contribution in [0.5, 0.6) is 11.5 Å². The molecule has 0 unspecified atom stereocenters. The fraction of sp³-hybridized carbons (Fsp3) is 0.278. The monoisotopic (exact) mass is 414 g/mol. The summed E-state index contributed by atoms with van der Waals surface area (Å²) >= 11 is 0. The molecule has 1 N–H and O–H groups in total. The molecule has 0 heterocycles. The minimum absolute atomic E-state index is 0.0657. The summed E-state index contributed by atoms with van der Waals surface area (Å²) in [5.74, 6) is -0.841. The Bertz CT molecular complexity index is 951. The van der Waals surface area contributed by atoms with Crippen molar-refractivity contribution < 1.29 is 31.5 Å². The molecule has 0 radical (unpaired) electrons. The first-order valence-electron chi connectivity index (χ1n) is 8.08. The fourth-order valence-corrected chi connectivity index (χ4v) is 3.41. The molecule has 2 rings (SSSR count). The number of nitrogens with zero attached hydrogens (tertiary/aromatic N) is 1. The van der Waals surface area contributed by atoms with Crippen LogP contribution in [-0.2, 0) is 14.8 Å². The number of carbonyl (C=O) groups excluding carboxylic acids is 1. The summed E-state index contributed by atoms with van der Waals surface area (Å²) in [6.45, 7) is -1.83. The van der Waals surface area contributed by atoms with Gasteiger partial charge in [-0.3, -0.25) is 9.10 Å². The van der Waals surface area contributed by atoms with Gasteiger partial charge in [-0.25, -0.2) is 8.42 Å². The van der Waals surface area contributed by atoms with Gasteiger partial charge in [-0.2, -0.15) is 8.78 Å². The summed E-state index contributed by atoms with van der Waals surface area (Å²) in [5.41, 5.74) is 1.20. The van der Waals surface area contributed by atoms with Crippen molar-refractivity contribution in [3.8, 4) is 11.5 Å². The van der Waals surface area contributed by atoms with Gasteiger partial charge in [0, 0.05) is 11.8 Å². The Balaban J connectivity index is 2.23. The Labute approximate surface area is 161 Å². The molecule has 2 aromatic rings. The lowest BCUT2D eigenvalue weighted by Crippen LogP contribution is -2.37. The van der Waals surface area contributed by atoms with E-state index in [-0.39, 0.29) is 17.2 Å². The van der Waals surface area contributed by atoms with E-state index in [0.29, 0.717) is 11.3 Å².